The molecular weight excluding hydrogens is 719 g/mol. The summed E-state index contributed by atoms with van der Waals surface area (Å²) in [4.78, 5) is 2.31. The Morgan fingerprint density at radius 3 is 1.73 bits per heavy atom. The highest BCUT2D eigenvalue weighted by Crippen LogP contribution is 2.43. The van der Waals surface area contributed by atoms with Gasteiger partial charge in [-0.3, -0.25) is 0 Å². The maximum Gasteiger partial charge on any atom is 0.143 e. The van der Waals surface area contributed by atoms with Crippen molar-refractivity contribution in [2.45, 2.75) is 0 Å². The van der Waals surface area contributed by atoms with Gasteiger partial charge in [-0.05, 0) is 122 Å². The highest BCUT2D eigenvalue weighted by molar-refractivity contribution is 6.19. The third kappa shape index (κ3) is 5.51. The summed E-state index contributed by atoms with van der Waals surface area (Å²) in [7, 11) is 0. The van der Waals surface area contributed by atoms with Crippen molar-refractivity contribution < 1.29 is 8.83 Å². The van der Waals surface area contributed by atoms with Crippen LogP contribution in [0.4, 0.5) is 17.1 Å². The molecule has 0 amide bonds. The van der Waals surface area contributed by atoms with Crippen LogP contribution in [0.1, 0.15) is 0 Å². The van der Waals surface area contributed by atoms with Gasteiger partial charge >= 0.3 is 0 Å². The van der Waals surface area contributed by atoms with E-state index in [4.69, 9.17) is 8.83 Å². The van der Waals surface area contributed by atoms with E-state index < -0.39 is 0 Å². The lowest BCUT2D eigenvalue weighted by Crippen LogP contribution is -2.09. The van der Waals surface area contributed by atoms with Gasteiger partial charge in [0.05, 0.1) is 0 Å². The minimum atomic E-state index is 0.882. The van der Waals surface area contributed by atoms with E-state index in [1.54, 1.807) is 0 Å². The first kappa shape index (κ1) is 33.3. The smallest absolute Gasteiger partial charge is 0.143 e. The van der Waals surface area contributed by atoms with Crippen LogP contribution in [0.3, 0.4) is 0 Å². The zero-order chi connectivity index (χ0) is 38.9. The van der Waals surface area contributed by atoms with Gasteiger partial charge in [0.2, 0.25) is 0 Å². The minimum Gasteiger partial charge on any atom is -0.456 e. The van der Waals surface area contributed by atoms with Gasteiger partial charge < -0.3 is 13.7 Å². The summed E-state index contributed by atoms with van der Waals surface area (Å²) in [5.74, 6) is 0. The van der Waals surface area contributed by atoms with E-state index in [1.807, 2.05) is 18.2 Å². The zero-order valence-electron chi connectivity index (χ0n) is 32.0. The van der Waals surface area contributed by atoms with Crippen LogP contribution >= 0.6 is 0 Å². The summed E-state index contributed by atoms with van der Waals surface area (Å²) >= 11 is 0. The van der Waals surface area contributed by atoms with Crippen LogP contribution in [0.15, 0.2) is 221 Å². The lowest BCUT2D eigenvalue weighted by Gasteiger charge is -2.26. The predicted octanol–water partition coefficient (Wildman–Crippen LogP) is 16.3. The van der Waals surface area contributed by atoms with E-state index in [-0.39, 0.29) is 0 Å². The first-order valence-electron chi connectivity index (χ1n) is 20.1. The molecule has 0 N–H and O–H groups in total. The van der Waals surface area contributed by atoms with E-state index in [9.17, 15) is 0 Å². The number of furan rings is 2. The molecule has 10 aromatic carbocycles. The lowest BCUT2D eigenvalue weighted by molar-refractivity contribution is 0.669. The van der Waals surface area contributed by atoms with Gasteiger partial charge in [0.1, 0.15) is 22.3 Å². The van der Waals surface area contributed by atoms with Gasteiger partial charge in [0, 0.05) is 44.0 Å². The highest BCUT2D eigenvalue weighted by Gasteiger charge is 2.18. The van der Waals surface area contributed by atoms with Crippen molar-refractivity contribution >= 4 is 82.5 Å². The van der Waals surface area contributed by atoms with Crippen LogP contribution in [0, 0.1) is 0 Å². The Kier molecular flexibility index (Phi) is 7.54. The summed E-state index contributed by atoms with van der Waals surface area (Å²) in [6.45, 7) is 0. The SMILES string of the molecule is c1ccc(N(c2ccc(-c3ccc4c(c3)oc3c5ccccc5c(-c5ccc6ccccc6c5)cc43)cc2)c2ccc(-c3cccc4oc5ccccc5c34)cc2)cc1. The van der Waals surface area contributed by atoms with Gasteiger partial charge in [-0.1, -0.05) is 140 Å². The van der Waals surface area contributed by atoms with Crippen LogP contribution in [0.25, 0.3) is 98.8 Å². The van der Waals surface area contributed by atoms with Gasteiger partial charge in [-0.15, -0.1) is 0 Å². The normalized spacial score (nSPS) is 11.7. The Balaban J connectivity index is 0.906. The van der Waals surface area contributed by atoms with Crippen molar-refractivity contribution in [1.29, 1.82) is 0 Å². The number of para-hydroxylation sites is 2. The number of nitrogens with zero attached hydrogens (tertiary/aromatic N) is 1. The summed E-state index contributed by atoms with van der Waals surface area (Å²) in [5.41, 5.74) is 13.8. The fourth-order valence-electron chi connectivity index (χ4n) is 9.01. The van der Waals surface area contributed by atoms with Gasteiger partial charge in [0.25, 0.3) is 0 Å². The van der Waals surface area contributed by atoms with Gasteiger partial charge in [0.15, 0.2) is 0 Å². The molecule has 59 heavy (non-hydrogen) atoms. The molecular formula is C56H35NO2. The predicted molar refractivity (Wildman–Crippen MR) is 247 cm³/mol. The molecule has 0 unspecified atom stereocenters. The molecule has 0 aliphatic heterocycles. The summed E-state index contributed by atoms with van der Waals surface area (Å²) in [6, 6.07) is 75.6. The Bertz CT molecular complexity index is 3540. The highest BCUT2D eigenvalue weighted by atomic mass is 16.3. The molecule has 0 spiro atoms. The monoisotopic (exact) mass is 753 g/mol. The van der Waals surface area contributed by atoms with Crippen LogP contribution in [-0.2, 0) is 0 Å². The number of fused-ring (bicyclic) bond motifs is 9. The molecule has 0 aliphatic rings. The molecule has 0 saturated carbocycles. The first-order valence-corrected chi connectivity index (χ1v) is 20.1. The molecule has 3 heteroatoms. The third-order valence-electron chi connectivity index (χ3n) is 11.9. The molecule has 0 atom stereocenters. The van der Waals surface area contributed by atoms with Crippen molar-refractivity contribution in [2.75, 3.05) is 4.90 Å². The number of anilines is 3. The minimum absolute atomic E-state index is 0.882. The van der Waals surface area contributed by atoms with Gasteiger partial charge in [-0.25, -0.2) is 0 Å². The average Bonchev–Trinajstić information content (AvgIpc) is 3.88. The van der Waals surface area contributed by atoms with Crippen molar-refractivity contribution in [3.8, 4) is 33.4 Å². The summed E-state index contributed by atoms with van der Waals surface area (Å²) < 4.78 is 12.9. The second-order valence-electron chi connectivity index (χ2n) is 15.3. The number of benzene rings is 10. The molecule has 12 rings (SSSR count). The largest absolute Gasteiger partial charge is 0.456 e. The van der Waals surface area contributed by atoms with Gasteiger partial charge in [-0.2, -0.15) is 0 Å². The summed E-state index contributed by atoms with van der Waals surface area (Å²) in [6.07, 6.45) is 0. The Hall–Kier alpha value is -7.88. The molecule has 276 valence electrons. The Morgan fingerprint density at radius 1 is 0.288 bits per heavy atom. The molecule has 2 heterocycles. The van der Waals surface area contributed by atoms with E-state index >= 15 is 0 Å². The molecule has 0 fully saturated rings. The topological polar surface area (TPSA) is 29.5 Å². The molecule has 0 aliphatic carbocycles. The van der Waals surface area contributed by atoms with Crippen molar-refractivity contribution in [3.05, 3.63) is 212 Å². The molecule has 12 aromatic rings. The van der Waals surface area contributed by atoms with Crippen molar-refractivity contribution in [1.82, 2.24) is 0 Å². The van der Waals surface area contributed by atoms with E-state index in [1.165, 1.54) is 27.3 Å². The molecule has 0 saturated heterocycles. The lowest BCUT2D eigenvalue weighted by atomic mass is 9.94. The molecule has 3 nitrogen and oxygen atoms in total. The molecule has 0 radical (unpaired) electrons. The van der Waals surface area contributed by atoms with Crippen molar-refractivity contribution in [3.63, 3.8) is 0 Å². The standard InChI is InChI=1S/C56H35NO2/c1-2-13-42(14-3-1)57(44-30-25-38(26-31-44)45-18-10-20-53-55(45)49-17-8-9-19-52(49)58-53)43-28-23-37(24-29-43)40-27-32-47-51-35-50(41-22-21-36-11-4-5-12-39(36)33-41)46-15-6-7-16-48(46)56(51)59-54(47)34-40/h1-35H. The maximum atomic E-state index is 6.73. The fraction of sp³-hybridized carbons (Fsp3) is 0. The van der Waals surface area contributed by atoms with E-state index in [0.29, 0.717) is 0 Å². The van der Waals surface area contributed by atoms with Crippen LogP contribution in [-0.4, -0.2) is 0 Å². The second-order valence-corrected chi connectivity index (χ2v) is 15.3. The number of hydrogen-bond donors (Lipinski definition) is 0. The van der Waals surface area contributed by atoms with Crippen LogP contribution in [0.5, 0.6) is 0 Å². The molecule has 2 aromatic heterocycles. The van der Waals surface area contributed by atoms with E-state index in [0.717, 1.165) is 88.6 Å². The van der Waals surface area contributed by atoms with Crippen molar-refractivity contribution in [2.24, 2.45) is 0 Å². The second kappa shape index (κ2) is 13.4. The quantitative estimate of drug-likeness (QED) is 0.169. The average molecular weight is 754 g/mol. The van der Waals surface area contributed by atoms with E-state index in [2.05, 4.69) is 199 Å². The Labute approximate surface area is 340 Å². The summed E-state index contributed by atoms with van der Waals surface area (Å²) in [5, 5.41) is 9.31. The first-order chi connectivity index (χ1) is 29.2. The molecule has 0 bridgehead atoms. The fourth-order valence-corrected chi connectivity index (χ4v) is 9.01. The Morgan fingerprint density at radius 2 is 0.915 bits per heavy atom. The number of rotatable bonds is 6. The third-order valence-corrected chi connectivity index (χ3v) is 11.9. The van der Waals surface area contributed by atoms with Crippen LogP contribution < -0.4 is 4.90 Å². The zero-order valence-corrected chi connectivity index (χ0v) is 32.0. The maximum absolute atomic E-state index is 6.73. The van der Waals surface area contributed by atoms with Crippen LogP contribution in [0.2, 0.25) is 0 Å². The number of hydrogen-bond acceptors (Lipinski definition) is 3.